The highest BCUT2D eigenvalue weighted by atomic mass is 16.2. The summed E-state index contributed by atoms with van der Waals surface area (Å²) in [7, 11) is 0. The predicted molar refractivity (Wildman–Crippen MR) is 106 cm³/mol. The van der Waals surface area contributed by atoms with Crippen LogP contribution in [0.3, 0.4) is 0 Å². The first-order chi connectivity index (χ1) is 13.6. The summed E-state index contributed by atoms with van der Waals surface area (Å²) in [6.45, 7) is 1.61. The van der Waals surface area contributed by atoms with Gasteiger partial charge in [-0.3, -0.25) is 14.4 Å². The van der Waals surface area contributed by atoms with E-state index >= 15 is 0 Å². The number of hydrogen-bond donors (Lipinski definition) is 2. The van der Waals surface area contributed by atoms with Gasteiger partial charge in [-0.25, -0.2) is 0 Å². The van der Waals surface area contributed by atoms with Gasteiger partial charge in [0.1, 0.15) is 5.69 Å². The number of nitrogens with zero attached hydrogens (tertiary/aromatic N) is 2. The van der Waals surface area contributed by atoms with Crippen molar-refractivity contribution in [1.29, 1.82) is 0 Å². The van der Waals surface area contributed by atoms with Crippen molar-refractivity contribution in [2.75, 3.05) is 26.2 Å². The number of piperazine rings is 1. The van der Waals surface area contributed by atoms with Gasteiger partial charge in [-0.1, -0.05) is 37.5 Å². The highest BCUT2D eigenvalue weighted by molar-refractivity contribution is 6.35. The zero-order valence-electron chi connectivity index (χ0n) is 15.9. The minimum absolute atomic E-state index is 0.0741. The van der Waals surface area contributed by atoms with Crippen LogP contribution in [0.4, 0.5) is 0 Å². The Hall–Kier alpha value is -2.83. The number of benzene rings is 1. The van der Waals surface area contributed by atoms with Gasteiger partial charge in [0.15, 0.2) is 0 Å². The molecule has 7 heteroatoms. The van der Waals surface area contributed by atoms with Crippen LogP contribution in [0.2, 0.25) is 0 Å². The Morgan fingerprint density at radius 1 is 0.929 bits per heavy atom. The molecule has 0 spiro atoms. The van der Waals surface area contributed by atoms with E-state index in [0.717, 1.165) is 36.6 Å². The molecule has 1 aliphatic carbocycles. The molecule has 0 radical (unpaired) electrons. The van der Waals surface area contributed by atoms with Gasteiger partial charge in [0.2, 0.25) is 0 Å². The number of fused-ring (bicyclic) bond motifs is 1. The number of carbonyl (C=O) groups is 3. The van der Waals surface area contributed by atoms with Gasteiger partial charge in [0, 0.05) is 43.1 Å². The number of hydrogen-bond acceptors (Lipinski definition) is 3. The summed E-state index contributed by atoms with van der Waals surface area (Å²) in [5.41, 5.74) is 1.48. The molecule has 7 nitrogen and oxygen atoms in total. The minimum atomic E-state index is -0.512. The van der Waals surface area contributed by atoms with E-state index in [1.165, 1.54) is 6.42 Å². The standard InChI is InChI=1S/C21H26N4O3/c26-19(22-16-7-2-1-3-8-16)21(28)25-12-10-24(11-13-25)20(27)18-14-15-6-4-5-9-17(15)23-18/h4-6,9,14,16,23H,1-3,7-8,10-13H2,(H,22,26). The lowest BCUT2D eigenvalue weighted by molar-refractivity contribution is -0.147. The van der Waals surface area contributed by atoms with Crippen molar-refractivity contribution >= 4 is 28.6 Å². The molecule has 0 bridgehead atoms. The first-order valence-corrected chi connectivity index (χ1v) is 10.1. The molecule has 1 saturated carbocycles. The van der Waals surface area contributed by atoms with Crippen LogP contribution in [-0.4, -0.2) is 64.7 Å². The van der Waals surface area contributed by atoms with Gasteiger partial charge in [-0.2, -0.15) is 0 Å². The van der Waals surface area contributed by atoms with Crippen LogP contribution in [0, 0.1) is 0 Å². The third kappa shape index (κ3) is 3.88. The predicted octanol–water partition coefficient (Wildman–Crippen LogP) is 1.90. The molecule has 4 rings (SSSR count). The van der Waals surface area contributed by atoms with Crippen LogP contribution in [-0.2, 0) is 9.59 Å². The Morgan fingerprint density at radius 3 is 2.32 bits per heavy atom. The van der Waals surface area contributed by atoms with E-state index in [1.807, 2.05) is 30.3 Å². The number of amides is 3. The fourth-order valence-corrected chi connectivity index (χ4v) is 4.11. The van der Waals surface area contributed by atoms with Crippen molar-refractivity contribution in [2.45, 2.75) is 38.1 Å². The average molecular weight is 382 g/mol. The summed E-state index contributed by atoms with van der Waals surface area (Å²) in [6, 6.07) is 9.74. The Labute approximate surface area is 164 Å². The normalized spacial score (nSPS) is 18.3. The van der Waals surface area contributed by atoms with E-state index in [0.29, 0.717) is 31.9 Å². The van der Waals surface area contributed by atoms with Gasteiger partial charge in [0.05, 0.1) is 0 Å². The zero-order valence-corrected chi connectivity index (χ0v) is 15.9. The maximum atomic E-state index is 12.8. The molecule has 1 saturated heterocycles. The number of aromatic amines is 1. The molecular formula is C21H26N4O3. The van der Waals surface area contributed by atoms with E-state index in [9.17, 15) is 14.4 Å². The molecule has 1 aromatic carbocycles. The SMILES string of the molecule is O=C(NC1CCCCC1)C(=O)N1CCN(C(=O)c2cc3ccccc3[nH]2)CC1. The molecule has 3 amide bonds. The van der Waals surface area contributed by atoms with Crippen LogP contribution in [0.5, 0.6) is 0 Å². The zero-order chi connectivity index (χ0) is 19.5. The first kappa shape index (κ1) is 18.5. The van der Waals surface area contributed by atoms with Gasteiger partial charge in [0.25, 0.3) is 5.91 Å². The van der Waals surface area contributed by atoms with Crippen LogP contribution in [0.15, 0.2) is 30.3 Å². The van der Waals surface area contributed by atoms with Crippen LogP contribution in [0.1, 0.15) is 42.6 Å². The van der Waals surface area contributed by atoms with Gasteiger partial charge < -0.3 is 20.1 Å². The average Bonchev–Trinajstić information content (AvgIpc) is 3.18. The van der Waals surface area contributed by atoms with Crippen LogP contribution < -0.4 is 5.32 Å². The van der Waals surface area contributed by atoms with Gasteiger partial charge >= 0.3 is 11.8 Å². The number of H-pyrrole nitrogens is 1. The van der Waals surface area contributed by atoms with E-state index in [2.05, 4.69) is 10.3 Å². The number of carbonyl (C=O) groups excluding carboxylic acids is 3. The van der Waals surface area contributed by atoms with E-state index in [4.69, 9.17) is 0 Å². The maximum absolute atomic E-state index is 12.8. The molecule has 148 valence electrons. The van der Waals surface area contributed by atoms with E-state index < -0.39 is 11.8 Å². The maximum Gasteiger partial charge on any atom is 0.312 e. The van der Waals surface area contributed by atoms with Crippen molar-refractivity contribution in [2.24, 2.45) is 0 Å². The highest BCUT2D eigenvalue weighted by Crippen LogP contribution is 2.18. The molecule has 0 atom stereocenters. The first-order valence-electron chi connectivity index (χ1n) is 10.1. The second kappa shape index (κ2) is 8.04. The van der Waals surface area contributed by atoms with Crippen molar-refractivity contribution < 1.29 is 14.4 Å². The van der Waals surface area contributed by atoms with Crippen LogP contribution >= 0.6 is 0 Å². The highest BCUT2D eigenvalue weighted by Gasteiger charge is 2.30. The monoisotopic (exact) mass is 382 g/mol. The fourth-order valence-electron chi connectivity index (χ4n) is 4.11. The Morgan fingerprint density at radius 2 is 1.61 bits per heavy atom. The lowest BCUT2D eigenvalue weighted by Gasteiger charge is -2.34. The molecule has 2 aromatic rings. The Balaban J connectivity index is 1.31. The lowest BCUT2D eigenvalue weighted by Crippen LogP contribution is -2.54. The molecule has 2 aliphatic rings. The lowest BCUT2D eigenvalue weighted by atomic mass is 9.95. The van der Waals surface area contributed by atoms with Crippen molar-refractivity contribution in [1.82, 2.24) is 20.1 Å². The van der Waals surface area contributed by atoms with Crippen molar-refractivity contribution in [3.8, 4) is 0 Å². The number of aromatic nitrogens is 1. The third-order valence-electron chi connectivity index (χ3n) is 5.75. The Bertz CT molecular complexity index is 844. The molecule has 0 unspecified atom stereocenters. The second-order valence-corrected chi connectivity index (χ2v) is 7.66. The Kier molecular flexibility index (Phi) is 5.32. The van der Waals surface area contributed by atoms with Gasteiger partial charge in [-0.15, -0.1) is 0 Å². The topological polar surface area (TPSA) is 85.5 Å². The van der Waals surface area contributed by atoms with E-state index in [1.54, 1.807) is 9.80 Å². The molecular weight excluding hydrogens is 356 g/mol. The summed E-state index contributed by atoms with van der Waals surface area (Å²) < 4.78 is 0. The third-order valence-corrected chi connectivity index (χ3v) is 5.75. The molecule has 28 heavy (non-hydrogen) atoms. The smallest absolute Gasteiger partial charge is 0.312 e. The summed E-state index contributed by atoms with van der Waals surface area (Å²) in [6.07, 6.45) is 5.31. The molecule has 1 aliphatic heterocycles. The number of rotatable bonds is 2. The molecule has 1 aromatic heterocycles. The van der Waals surface area contributed by atoms with E-state index in [-0.39, 0.29) is 11.9 Å². The summed E-state index contributed by atoms with van der Waals surface area (Å²) in [5, 5.41) is 3.87. The summed E-state index contributed by atoms with van der Waals surface area (Å²) in [5.74, 6) is -1.07. The number of nitrogens with one attached hydrogen (secondary N) is 2. The molecule has 2 fully saturated rings. The summed E-state index contributed by atoms with van der Waals surface area (Å²) >= 11 is 0. The molecule has 2 N–H and O–H groups in total. The quantitative estimate of drug-likeness (QED) is 0.778. The second-order valence-electron chi connectivity index (χ2n) is 7.66. The van der Waals surface area contributed by atoms with Crippen molar-refractivity contribution in [3.05, 3.63) is 36.0 Å². The largest absolute Gasteiger partial charge is 0.351 e. The fraction of sp³-hybridized carbons (Fsp3) is 0.476. The van der Waals surface area contributed by atoms with Crippen LogP contribution in [0.25, 0.3) is 10.9 Å². The van der Waals surface area contributed by atoms with Crippen molar-refractivity contribution in [3.63, 3.8) is 0 Å². The summed E-state index contributed by atoms with van der Waals surface area (Å²) in [4.78, 5) is 43.9. The molecule has 2 heterocycles. The minimum Gasteiger partial charge on any atom is -0.351 e. The van der Waals surface area contributed by atoms with Gasteiger partial charge in [-0.05, 0) is 25.0 Å². The number of para-hydroxylation sites is 1.